The number of likely N-dealkylation sites (tertiary alicyclic amines) is 1. The molecule has 1 unspecified atom stereocenters. The molecule has 2 heterocycles. The van der Waals surface area contributed by atoms with E-state index in [2.05, 4.69) is 5.32 Å². The molecular weight excluding hydrogens is 245 g/mol. The molecule has 2 aliphatic rings. The first-order chi connectivity index (χ1) is 8.39. The van der Waals surface area contributed by atoms with Gasteiger partial charge in [0, 0.05) is 13.1 Å². The SMILES string of the molecule is OC1(CN2CCCC(C(F)(F)F)C2)CCNCC1. The lowest BCUT2D eigenvalue weighted by Crippen LogP contribution is -2.52. The number of nitrogens with zero attached hydrogens (tertiary/aromatic N) is 1. The third kappa shape index (κ3) is 3.59. The summed E-state index contributed by atoms with van der Waals surface area (Å²) in [5, 5.41) is 13.5. The first kappa shape index (κ1) is 14.1. The van der Waals surface area contributed by atoms with E-state index in [0.717, 1.165) is 13.1 Å². The lowest BCUT2D eigenvalue weighted by atomic mass is 9.89. The zero-order valence-corrected chi connectivity index (χ0v) is 10.5. The Balaban J connectivity index is 1.89. The zero-order valence-electron chi connectivity index (χ0n) is 10.5. The monoisotopic (exact) mass is 266 g/mol. The molecule has 2 rings (SSSR count). The van der Waals surface area contributed by atoms with Crippen LogP contribution in [0.15, 0.2) is 0 Å². The second-order valence-corrected chi connectivity index (χ2v) is 5.59. The van der Waals surface area contributed by atoms with Gasteiger partial charge in [-0.3, -0.25) is 4.90 Å². The topological polar surface area (TPSA) is 35.5 Å². The summed E-state index contributed by atoms with van der Waals surface area (Å²) in [4.78, 5) is 1.78. The van der Waals surface area contributed by atoms with Crippen LogP contribution >= 0.6 is 0 Å². The molecule has 0 aliphatic carbocycles. The van der Waals surface area contributed by atoms with Crippen LogP contribution in [0.5, 0.6) is 0 Å². The highest BCUT2D eigenvalue weighted by molar-refractivity contribution is 4.89. The molecule has 0 spiro atoms. The van der Waals surface area contributed by atoms with Crippen molar-refractivity contribution in [1.82, 2.24) is 10.2 Å². The highest BCUT2D eigenvalue weighted by Crippen LogP contribution is 2.34. The number of piperidine rings is 2. The molecule has 0 amide bonds. The molecule has 2 saturated heterocycles. The minimum atomic E-state index is -4.10. The Labute approximate surface area is 105 Å². The standard InChI is InChI=1S/C12H21F3N2O/c13-12(14,15)10-2-1-7-17(8-10)9-11(18)3-5-16-6-4-11/h10,16,18H,1-9H2. The Morgan fingerprint density at radius 1 is 1.28 bits per heavy atom. The van der Waals surface area contributed by atoms with Gasteiger partial charge in [-0.15, -0.1) is 0 Å². The van der Waals surface area contributed by atoms with Gasteiger partial charge in [0.2, 0.25) is 0 Å². The number of rotatable bonds is 2. The summed E-state index contributed by atoms with van der Waals surface area (Å²) in [5.74, 6) is -1.23. The van der Waals surface area contributed by atoms with E-state index in [1.807, 2.05) is 0 Å². The fourth-order valence-corrected chi connectivity index (χ4v) is 2.93. The average molecular weight is 266 g/mol. The van der Waals surface area contributed by atoms with Crippen LogP contribution in [-0.2, 0) is 0 Å². The molecule has 1 atom stereocenters. The first-order valence-electron chi connectivity index (χ1n) is 6.61. The third-order valence-corrected chi connectivity index (χ3v) is 4.02. The molecule has 2 fully saturated rings. The summed E-state index contributed by atoms with van der Waals surface area (Å²) >= 11 is 0. The number of halogens is 3. The van der Waals surface area contributed by atoms with Gasteiger partial charge < -0.3 is 10.4 Å². The van der Waals surface area contributed by atoms with Crippen LogP contribution in [-0.4, -0.2) is 54.5 Å². The van der Waals surface area contributed by atoms with Gasteiger partial charge in [0.25, 0.3) is 0 Å². The van der Waals surface area contributed by atoms with Crippen LogP contribution in [0.1, 0.15) is 25.7 Å². The number of nitrogens with one attached hydrogen (secondary N) is 1. The van der Waals surface area contributed by atoms with Crippen LogP contribution < -0.4 is 5.32 Å². The maximum atomic E-state index is 12.7. The maximum Gasteiger partial charge on any atom is 0.393 e. The summed E-state index contributed by atoms with van der Waals surface area (Å²) in [7, 11) is 0. The lowest BCUT2D eigenvalue weighted by Gasteiger charge is -2.40. The van der Waals surface area contributed by atoms with Gasteiger partial charge >= 0.3 is 6.18 Å². The van der Waals surface area contributed by atoms with E-state index in [4.69, 9.17) is 0 Å². The smallest absolute Gasteiger partial charge is 0.388 e. The normalized spacial score (nSPS) is 30.3. The summed E-state index contributed by atoms with van der Waals surface area (Å²) in [6.07, 6.45) is -2.06. The van der Waals surface area contributed by atoms with Crippen molar-refractivity contribution < 1.29 is 18.3 Å². The highest BCUT2D eigenvalue weighted by Gasteiger charge is 2.43. The number of alkyl halides is 3. The highest BCUT2D eigenvalue weighted by atomic mass is 19.4. The largest absolute Gasteiger partial charge is 0.393 e. The van der Waals surface area contributed by atoms with Crippen LogP contribution in [0.4, 0.5) is 13.2 Å². The van der Waals surface area contributed by atoms with Crippen molar-refractivity contribution in [3.05, 3.63) is 0 Å². The summed E-state index contributed by atoms with van der Waals surface area (Å²) in [6.45, 7) is 2.57. The van der Waals surface area contributed by atoms with Gasteiger partial charge in [0.1, 0.15) is 0 Å². The third-order valence-electron chi connectivity index (χ3n) is 4.02. The Morgan fingerprint density at radius 3 is 2.56 bits per heavy atom. The molecule has 6 heteroatoms. The predicted molar refractivity (Wildman–Crippen MR) is 62.3 cm³/mol. The van der Waals surface area contributed by atoms with Gasteiger partial charge in [-0.05, 0) is 45.3 Å². The molecule has 0 aromatic heterocycles. The number of β-amino-alcohol motifs (C(OH)–C–C–N with tert-alkyl or cyclic N) is 1. The van der Waals surface area contributed by atoms with Crippen LogP contribution in [0.3, 0.4) is 0 Å². The van der Waals surface area contributed by atoms with E-state index >= 15 is 0 Å². The minimum absolute atomic E-state index is 0.0409. The maximum absolute atomic E-state index is 12.7. The lowest BCUT2D eigenvalue weighted by molar-refractivity contribution is -0.189. The van der Waals surface area contributed by atoms with Crippen molar-refractivity contribution in [3.8, 4) is 0 Å². The molecule has 0 aromatic carbocycles. The Morgan fingerprint density at radius 2 is 1.94 bits per heavy atom. The van der Waals surface area contributed by atoms with Gasteiger partial charge in [-0.2, -0.15) is 13.2 Å². The molecular formula is C12H21F3N2O. The molecule has 0 radical (unpaired) electrons. The molecule has 0 aromatic rings. The second kappa shape index (κ2) is 5.35. The fourth-order valence-electron chi connectivity index (χ4n) is 2.93. The van der Waals surface area contributed by atoms with Crippen molar-refractivity contribution in [1.29, 1.82) is 0 Å². The summed E-state index contributed by atoms with van der Waals surface area (Å²) < 4.78 is 38.1. The van der Waals surface area contributed by atoms with Gasteiger partial charge in [-0.25, -0.2) is 0 Å². The van der Waals surface area contributed by atoms with Crippen molar-refractivity contribution in [2.45, 2.75) is 37.5 Å². The molecule has 2 N–H and O–H groups in total. The Bertz CT molecular complexity index is 277. The Hall–Kier alpha value is -0.330. The van der Waals surface area contributed by atoms with Crippen LogP contribution in [0.25, 0.3) is 0 Å². The quantitative estimate of drug-likeness (QED) is 0.792. The van der Waals surface area contributed by atoms with Gasteiger partial charge in [-0.1, -0.05) is 0 Å². The molecule has 18 heavy (non-hydrogen) atoms. The number of hydrogen-bond donors (Lipinski definition) is 2. The minimum Gasteiger partial charge on any atom is -0.388 e. The van der Waals surface area contributed by atoms with Crippen molar-refractivity contribution >= 4 is 0 Å². The Kier molecular flexibility index (Phi) is 4.18. The molecule has 0 saturated carbocycles. The molecule has 0 bridgehead atoms. The van der Waals surface area contributed by atoms with Crippen LogP contribution in [0.2, 0.25) is 0 Å². The number of hydrogen-bond acceptors (Lipinski definition) is 3. The fraction of sp³-hybridized carbons (Fsp3) is 1.00. The van der Waals surface area contributed by atoms with Crippen molar-refractivity contribution in [2.24, 2.45) is 5.92 Å². The van der Waals surface area contributed by atoms with Crippen molar-refractivity contribution in [3.63, 3.8) is 0 Å². The van der Waals surface area contributed by atoms with Gasteiger partial charge in [0.15, 0.2) is 0 Å². The predicted octanol–water partition coefficient (Wildman–Crippen LogP) is 1.38. The van der Waals surface area contributed by atoms with E-state index < -0.39 is 17.7 Å². The van der Waals surface area contributed by atoms with Crippen molar-refractivity contribution in [2.75, 3.05) is 32.7 Å². The van der Waals surface area contributed by atoms with E-state index in [0.29, 0.717) is 32.4 Å². The molecule has 3 nitrogen and oxygen atoms in total. The van der Waals surface area contributed by atoms with Gasteiger partial charge in [0.05, 0.1) is 11.5 Å². The summed E-state index contributed by atoms with van der Waals surface area (Å²) in [6, 6.07) is 0. The van der Waals surface area contributed by atoms with E-state index in [1.165, 1.54) is 0 Å². The molecule has 2 aliphatic heterocycles. The average Bonchev–Trinajstić information content (AvgIpc) is 2.28. The van der Waals surface area contributed by atoms with Crippen LogP contribution in [0, 0.1) is 5.92 Å². The number of aliphatic hydroxyl groups is 1. The zero-order chi connectivity index (χ0) is 13.2. The van der Waals surface area contributed by atoms with E-state index in [-0.39, 0.29) is 13.0 Å². The second-order valence-electron chi connectivity index (χ2n) is 5.59. The van der Waals surface area contributed by atoms with E-state index in [1.54, 1.807) is 4.90 Å². The molecule has 106 valence electrons. The van der Waals surface area contributed by atoms with E-state index in [9.17, 15) is 18.3 Å². The summed E-state index contributed by atoms with van der Waals surface area (Å²) in [5.41, 5.74) is -0.807. The first-order valence-corrected chi connectivity index (χ1v) is 6.61.